The van der Waals surface area contributed by atoms with Gasteiger partial charge in [0, 0.05) is 6.20 Å². The molecular weight excluding hydrogens is 232 g/mol. The minimum absolute atomic E-state index is 0.276. The zero-order valence-corrected chi connectivity index (χ0v) is 10.8. The Balaban J connectivity index is 2.71. The average molecular weight is 250 g/mol. The highest BCUT2D eigenvalue weighted by Crippen LogP contribution is 2.07. The van der Waals surface area contributed by atoms with Crippen molar-refractivity contribution in [1.29, 1.82) is 0 Å². The van der Waals surface area contributed by atoms with Crippen molar-refractivity contribution in [2.24, 2.45) is 5.92 Å². The smallest absolute Gasteiger partial charge is 0.328 e. The summed E-state index contributed by atoms with van der Waals surface area (Å²) in [5, 5.41) is 2.64. The molecule has 1 N–H and O–H groups in total. The van der Waals surface area contributed by atoms with Crippen LogP contribution in [0.3, 0.4) is 0 Å². The van der Waals surface area contributed by atoms with E-state index in [1.165, 1.54) is 13.3 Å². The molecule has 1 rings (SSSR count). The number of carbonyl (C=O) groups is 2. The molecule has 0 aromatic carbocycles. The molecule has 0 aliphatic rings. The van der Waals surface area contributed by atoms with Gasteiger partial charge in [-0.15, -0.1) is 0 Å². The lowest BCUT2D eigenvalue weighted by Crippen LogP contribution is -2.42. The first-order valence-corrected chi connectivity index (χ1v) is 5.84. The molecule has 1 aromatic heterocycles. The van der Waals surface area contributed by atoms with Gasteiger partial charge in [-0.25, -0.2) is 4.79 Å². The Bertz CT molecular complexity index is 404. The molecule has 1 heterocycles. The molecule has 98 valence electrons. The molecule has 0 saturated carbocycles. The monoisotopic (exact) mass is 250 g/mol. The third-order valence-electron chi connectivity index (χ3n) is 2.40. The molecule has 5 nitrogen and oxygen atoms in total. The van der Waals surface area contributed by atoms with Crippen molar-refractivity contribution in [1.82, 2.24) is 10.3 Å². The van der Waals surface area contributed by atoms with Crippen molar-refractivity contribution in [3.63, 3.8) is 0 Å². The van der Waals surface area contributed by atoms with E-state index in [0.717, 1.165) is 0 Å². The number of amides is 1. The van der Waals surface area contributed by atoms with Crippen LogP contribution in [0.25, 0.3) is 0 Å². The third kappa shape index (κ3) is 4.16. The van der Waals surface area contributed by atoms with Crippen LogP contribution in [-0.2, 0) is 9.53 Å². The number of rotatable bonds is 5. The van der Waals surface area contributed by atoms with Gasteiger partial charge in [-0.05, 0) is 24.5 Å². The van der Waals surface area contributed by atoms with E-state index in [4.69, 9.17) is 0 Å². The predicted molar refractivity (Wildman–Crippen MR) is 67.0 cm³/mol. The molecular formula is C13H18N2O3. The Kier molecular flexibility index (Phi) is 5.30. The van der Waals surface area contributed by atoms with E-state index >= 15 is 0 Å². The first-order valence-electron chi connectivity index (χ1n) is 5.84. The molecule has 0 saturated heterocycles. The van der Waals surface area contributed by atoms with Gasteiger partial charge in [0.2, 0.25) is 0 Å². The number of hydrogen-bond acceptors (Lipinski definition) is 4. The summed E-state index contributed by atoms with van der Waals surface area (Å²) in [5.41, 5.74) is 0.287. The highest BCUT2D eigenvalue weighted by molar-refractivity contribution is 5.95. The summed E-state index contributed by atoms with van der Waals surface area (Å²) < 4.78 is 4.68. The van der Waals surface area contributed by atoms with Gasteiger partial charge < -0.3 is 10.1 Å². The summed E-state index contributed by atoms with van der Waals surface area (Å²) in [4.78, 5) is 27.4. The second-order valence-electron chi connectivity index (χ2n) is 4.39. The van der Waals surface area contributed by atoms with Gasteiger partial charge in [-0.3, -0.25) is 9.78 Å². The minimum atomic E-state index is -0.635. The van der Waals surface area contributed by atoms with Gasteiger partial charge in [-0.1, -0.05) is 19.9 Å². The lowest BCUT2D eigenvalue weighted by molar-refractivity contribution is -0.143. The van der Waals surface area contributed by atoms with Crippen molar-refractivity contribution < 1.29 is 14.3 Å². The van der Waals surface area contributed by atoms with Crippen LogP contribution in [-0.4, -0.2) is 30.0 Å². The fraction of sp³-hybridized carbons (Fsp3) is 0.462. The lowest BCUT2D eigenvalue weighted by atomic mass is 10.0. The standard InChI is InChI=1S/C13H18N2O3/c1-9(2)8-11(13(17)18-3)15-12(16)10-6-4-5-7-14-10/h4-7,9,11H,8H2,1-3H3,(H,15,16). The Morgan fingerprint density at radius 2 is 2.11 bits per heavy atom. The summed E-state index contributed by atoms with van der Waals surface area (Å²) >= 11 is 0. The zero-order valence-electron chi connectivity index (χ0n) is 10.8. The summed E-state index contributed by atoms with van der Waals surface area (Å²) in [6.45, 7) is 3.95. The SMILES string of the molecule is COC(=O)C(CC(C)C)NC(=O)c1ccccn1. The number of ether oxygens (including phenoxy) is 1. The maximum Gasteiger partial charge on any atom is 0.328 e. The Morgan fingerprint density at radius 3 is 2.61 bits per heavy atom. The van der Waals surface area contributed by atoms with Crippen LogP contribution in [0.15, 0.2) is 24.4 Å². The Morgan fingerprint density at radius 1 is 1.39 bits per heavy atom. The molecule has 0 radical (unpaired) electrons. The molecule has 0 fully saturated rings. The summed E-state index contributed by atoms with van der Waals surface area (Å²) in [7, 11) is 1.31. The van der Waals surface area contributed by atoms with Crippen molar-refractivity contribution in [2.45, 2.75) is 26.3 Å². The molecule has 5 heteroatoms. The van der Waals surface area contributed by atoms with Gasteiger partial charge in [0.15, 0.2) is 0 Å². The van der Waals surface area contributed by atoms with Crippen LogP contribution in [0.2, 0.25) is 0 Å². The first kappa shape index (κ1) is 14.2. The Hall–Kier alpha value is -1.91. The van der Waals surface area contributed by atoms with Gasteiger partial charge in [0.1, 0.15) is 11.7 Å². The van der Waals surface area contributed by atoms with E-state index in [-0.39, 0.29) is 17.5 Å². The van der Waals surface area contributed by atoms with Gasteiger partial charge in [-0.2, -0.15) is 0 Å². The van der Waals surface area contributed by atoms with Crippen LogP contribution < -0.4 is 5.32 Å². The first-order chi connectivity index (χ1) is 8.54. The third-order valence-corrected chi connectivity index (χ3v) is 2.40. The van der Waals surface area contributed by atoms with Gasteiger partial charge in [0.05, 0.1) is 7.11 Å². The maximum absolute atomic E-state index is 11.9. The molecule has 0 aliphatic heterocycles. The van der Waals surface area contributed by atoms with Crippen LogP contribution in [0.4, 0.5) is 0 Å². The maximum atomic E-state index is 11.9. The summed E-state index contributed by atoms with van der Waals surface area (Å²) in [6.07, 6.45) is 2.07. The van der Waals surface area contributed by atoms with Crippen LogP contribution >= 0.6 is 0 Å². The lowest BCUT2D eigenvalue weighted by Gasteiger charge is -2.17. The number of esters is 1. The molecule has 0 bridgehead atoms. The number of aromatic nitrogens is 1. The molecule has 1 atom stereocenters. The molecule has 0 aliphatic carbocycles. The zero-order chi connectivity index (χ0) is 13.5. The fourth-order valence-electron chi connectivity index (χ4n) is 1.56. The molecule has 1 unspecified atom stereocenters. The van der Waals surface area contributed by atoms with E-state index in [0.29, 0.717) is 6.42 Å². The number of nitrogens with one attached hydrogen (secondary N) is 1. The van der Waals surface area contributed by atoms with Gasteiger partial charge >= 0.3 is 5.97 Å². The van der Waals surface area contributed by atoms with E-state index in [1.54, 1.807) is 18.2 Å². The number of hydrogen-bond donors (Lipinski definition) is 1. The van der Waals surface area contributed by atoms with Gasteiger partial charge in [0.25, 0.3) is 5.91 Å². The topological polar surface area (TPSA) is 68.3 Å². The summed E-state index contributed by atoms with van der Waals surface area (Å²) in [5.74, 6) is -0.530. The number of carbonyl (C=O) groups excluding carboxylic acids is 2. The second-order valence-corrected chi connectivity index (χ2v) is 4.39. The van der Waals surface area contributed by atoms with E-state index in [2.05, 4.69) is 15.0 Å². The molecule has 18 heavy (non-hydrogen) atoms. The van der Waals surface area contributed by atoms with Crippen LogP contribution in [0.1, 0.15) is 30.8 Å². The number of methoxy groups -OCH3 is 1. The number of pyridine rings is 1. The largest absolute Gasteiger partial charge is 0.467 e. The van der Waals surface area contributed by atoms with Crippen molar-refractivity contribution in [3.8, 4) is 0 Å². The van der Waals surface area contributed by atoms with E-state index < -0.39 is 12.0 Å². The Labute approximate surface area is 107 Å². The number of nitrogens with zero attached hydrogens (tertiary/aromatic N) is 1. The quantitative estimate of drug-likeness (QED) is 0.802. The predicted octanol–water partition coefficient (Wildman–Crippen LogP) is 1.40. The van der Waals surface area contributed by atoms with Crippen molar-refractivity contribution in [2.75, 3.05) is 7.11 Å². The van der Waals surface area contributed by atoms with Crippen LogP contribution in [0, 0.1) is 5.92 Å². The average Bonchev–Trinajstić information content (AvgIpc) is 2.37. The summed E-state index contributed by atoms with van der Waals surface area (Å²) in [6, 6.07) is 4.41. The van der Waals surface area contributed by atoms with Crippen molar-refractivity contribution >= 4 is 11.9 Å². The van der Waals surface area contributed by atoms with E-state index in [1.807, 2.05) is 13.8 Å². The van der Waals surface area contributed by atoms with Crippen molar-refractivity contribution in [3.05, 3.63) is 30.1 Å². The molecule has 1 aromatic rings. The minimum Gasteiger partial charge on any atom is -0.467 e. The van der Waals surface area contributed by atoms with Crippen LogP contribution in [0.5, 0.6) is 0 Å². The normalized spacial score (nSPS) is 12.0. The van der Waals surface area contributed by atoms with E-state index in [9.17, 15) is 9.59 Å². The highest BCUT2D eigenvalue weighted by Gasteiger charge is 2.23. The fourth-order valence-corrected chi connectivity index (χ4v) is 1.56. The molecule has 0 spiro atoms. The second kappa shape index (κ2) is 6.74. The highest BCUT2D eigenvalue weighted by atomic mass is 16.5. The molecule has 1 amide bonds.